The van der Waals surface area contributed by atoms with Gasteiger partial charge in [-0.3, -0.25) is 10.1 Å². The van der Waals surface area contributed by atoms with Gasteiger partial charge in [-0.2, -0.15) is 0 Å². The van der Waals surface area contributed by atoms with Gasteiger partial charge in [-0.05, 0) is 24.2 Å². The van der Waals surface area contributed by atoms with E-state index in [1.807, 2.05) is 6.07 Å². The zero-order chi connectivity index (χ0) is 13.6. The molecule has 0 atom stereocenters. The van der Waals surface area contributed by atoms with Crippen LogP contribution >= 0.6 is 0 Å². The maximum absolute atomic E-state index is 10.9. The zero-order valence-electron chi connectivity index (χ0n) is 11.3. The lowest BCUT2D eigenvalue weighted by molar-refractivity contribution is -0.385. The Hall–Kier alpha value is -1.20. The highest BCUT2D eigenvalue weighted by molar-refractivity contribution is 6.73. The van der Waals surface area contributed by atoms with Gasteiger partial charge in [-0.25, -0.2) is 0 Å². The molecule has 4 nitrogen and oxygen atoms in total. The molecule has 0 saturated heterocycles. The number of nitro groups is 1. The summed E-state index contributed by atoms with van der Waals surface area (Å²) in [5.74, 6) is 0. The fourth-order valence-corrected chi connectivity index (χ4v) is 4.67. The largest absolute Gasteiger partial charge is 0.412 e. The summed E-state index contributed by atoms with van der Waals surface area (Å²) in [6, 6.07) is 9.98. The van der Waals surface area contributed by atoms with E-state index in [9.17, 15) is 10.1 Å². The number of nitrogens with zero attached hydrogens (tertiary/aromatic N) is 1. The fraction of sp³-hybridized carbons (Fsp3) is 0.538. The third kappa shape index (κ3) is 3.40. The minimum atomic E-state index is -1.68. The Balaban J connectivity index is 2.83. The van der Waals surface area contributed by atoms with Gasteiger partial charge in [0.05, 0.1) is 17.1 Å². The molecule has 100 valence electrons. The second kappa shape index (κ2) is 6.66. The quantitative estimate of drug-likeness (QED) is 0.424. The first-order valence-electron chi connectivity index (χ1n) is 6.44. The number of nitro benzene ring substituents is 1. The molecule has 0 aliphatic rings. The Bertz CT molecular complexity index is 397. The van der Waals surface area contributed by atoms with Gasteiger partial charge in [0.15, 0.2) is 8.32 Å². The average molecular weight is 267 g/mol. The maximum Gasteiger partial charge on any atom is 0.274 e. The molecule has 1 aromatic carbocycles. The van der Waals surface area contributed by atoms with E-state index < -0.39 is 8.32 Å². The van der Waals surface area contributed by atoms with Crippen molar-refractivity contribution in [2.75, 3.05) is 0 Å². The van der Waals surface area contributed by atoms with Crippen LogP contribution in [0.5, 0.6) is 0 Å². The van der Waals surface area contributed by atoms with Crippen molar-refractivity contribution in [3.63, 3.8) is 0 Å². The van der Waals surface area contributed by atoms with Crippen LogP contribution in [0.4, 0.5) is 5.69 Å². The minimum Gasteiger partial charge on any atom is -0.412 e. The average Bonchev–Trinajstić information content (AvgIpc) is 2.41. The Kier molecular flexibility index (Phi) is 5.49. The predicted molar refractivity (Wildman–Crippen MR) is 75.1 cm³/mol. The summed E-state index contributed by atoms with van der Waals surface area (Å²) in [5.41, 5.74) is 0.832. The van der Waals surface area contributed by atoms with Crippen LogP contribution < -0.4 is 0 Å². The molecule has 0 saturated carbocycles. The van der Waals surface area contributed by atoms with Crippen LogP contribution in [-0.4, -0.2) is 13.2 Å². The predicted octanol–water partition coefficient (Wildman–Crippen LogP) is 4.12. The maximum atomic E-state index is 10.9. The van der Waals surface area contributed by atoms with Crippen molar-refractivity contribution in [1.29, 1.82) is 0 Å². The highest BCUT2D eigenvalue weighted by Crippen LogP contribution is 2.25. The van der Waals surface area contributed by atoms with E-state index in [4.69, 9.17) is 4.43 Å². The van der Waals surface area contributed by atoms with Crippen molar-refractivity contribution in [1.82, 2.24) is 0 Å². The zero-order valence-corrected chi connectivity index (χ0v) is 12.3. The molecule has 0 heterocycles. The lowest BCUT2D eigenvalue weighted by Gasteiger charge is -2.27. The molecule has 0 amide bonds. The number of benzene rings is 1. The summed E-state index contributed by atoms with van der Waals surface area (Å²) < 4.78 is 6.09. The van der Waals surface area contributed by atoms with Crippen molar-refractivity contribution < 1.29 is 9.35 Å². The summed E-state index contributed by atoms with van der Waals surface area (Å²) in [4.78, 5) is 10.6. The Morgan fingerprint density at radius 1 is 1.17 bits per heavy atom. The normalized spacial score (nSPS) is 11.5. The van der Waals surface area contributed by atoms with Crippen LogP contribution in [0, 0.1) is 10.1 Å². The summed E-state index contributed by atoms with van der Waals surface area (Å²) in [7, 11) is -1.68. The first kappa shape index (κ1) is 14.9. The number of para-hydroxylation sites is 1. The standard InChI is InChI=1S/C13H21NO3Si/c1-4-18(5-2,6-3)17-11-12-9-7-8-10-13(12)14(15)16/h7-10H,4-6,11H2,1-3H3. The molecule has 0 aromatic heterocycles. The van der Waals surface area contributed by atoms with E-state index in [1.54, 1.807) is 12.1 Å². The monoisotopic (exact) mass is 267 g/mol. The molecule has 1 aromatic rings. The van der Waals surface area contributed by atoms with Gasteiger partial charge >= 0.3 is 0 Å². The van der Waals surface area contributed by atoms with E-state index in [0.29, 0.717) is 12.2 Å². The molecular weight excluding hydrogens is 246 g/mol. The molecule has 1 rings (SSSR count). The first-order chi connectivity index (χ1) is 8.58. The van der Waals surface area contributed by atoms with Crippen LogP contribution in [0.25, 0.3) is 0 Å². The van der Waals surface area contributed by atoms with Crippen molar-refractivity contribution in [3.05, 3.63) is 39.9 Å². The Morgan fingerprint density at radius 3 is 2.22 bits per heavy atom. The molecule has 0 spiro atoms. The molecule has 0 aliphatic heterocycles. The number of hydrogen-bond acceptors (Lipinski definition) is 3. The lowest BCUT2D eigenvalue weighted by Crippen LogP contribution is -2.35. The molecule has 18 heavy (non-hydrogen) atoms. The molecule has 0 fully saturated rings. The second-order valence-electron chi connectivity index (χ2n) is 4.42. The molecule has 5 heteroatoms. The van der Waals surface area contributed by atoms with E-state index in [1.165, 1.54) is 6.07 Å². The van der Waals surface area contributed by atoms with Gasteiger partial charge in [-0.15, -0.1) is 0 Å². The summed E-state index contributed by atoms with van der Waals surface area (Å²) in [6.07, 6.45) is 0. The van der Waals surface area contributed by atoms with Gasteiger partial charge in [0.25, 0.3) is 5.69 Å². The summed E-state index contributed by atoms with van der Waals surface area (Å²) in [5, 5.41) is 10.9. The molecule has 0 radical (unpaired) electrons. The molecule has 0 bridgehead atoms. The van der Waals surface area contributed by atoms with Gasteiger partial charge in [-0.1, -0.05) is 32.9 Å². The lowest BCUT2D eigenvalue weighted by atomic mass is 10.2. The van der Waals surface area contributed by atoms with Crippen molar-refractivity contribution in [2.45, 2.75) is 45.5 Å². The van der Waals surface area contributed by atoms with E-state index >= 15 is 0 Å². The van der Waals surface area contributed by atoms with E-state index in [-0.39, 0.29) is 10.6 Å². The molecule has 0 aliphatic carbocycles. The Labute approximate surface area is 109 Å². The van der Waals surface area contributed by atoms with Crippen LogP contribution in [0.1, 0.15) is 26.3 Å². The molecule has 0 N–H and O–H groups in total. The highest BCUT2D eigenvalue weighted by Gasteiger charge is 2.29. The topological polar surface area (TPSA) is 52.4 Å². The van der Waals surface area contributed by atoms with Crippen molar-refractivity contribution in [2.24, 2.45) is 0 Å². The molecule has 0 unspecified atom stereocenters. The number of rotatable bonds is 7. The van der Waals surface area contributed by atoms with Crippen molar-refractivity contribution in [3.8, 4) is 0 Å². The Morgan fingerprint density at radius 2 is 1.72 bits per heavy atom. The summed E-state index contributed by atoms with van der Waals surface area (Å²) >= 11 is 0. The van der Waals surface area contributed by atoms with E-state index in [0.717, 1.165) is 18.1 Å². The highest BCUT2D eigenvalue weighted by atomic mass is 28.4. The van der Waals surface area contributed by atoms with Crippen LogP contribution in [0.3, 0.4) is 0 Å². The van der Waals surface area contributed by atoms with Gasteiger partial charge in [0.1, 0.15) is 0 Å². The molecular formula is C13H21NO3Si. The van der Waals surface area contributed by atoms with Crippen LogP contribution in [0.15, 0.2) is 24.3 Å². The SMILES string of the molecule is CC[Si](CC)(CC)OCc1ccccc1[N+](=O)[O-]. The second-order valence-corrected chi connectivity index (χ2v) is 9.19. The summed E-state index contributed by atoms with van der Waals surface area (Å²) in [6.45, 7) is 6.81. The fourth-order valence-electron chi connectivity index (χ4n) is 2.10. The van der Waals surface area contributed by atoms with Gasteiger partial charge in [0, 0.05) is 6.07 Å². The minimum absolute atomic E-state index is 0.156. The van der Waals surface area contributed by atoms with Gasteiger partial charge in [0.2, 0.25) is 0 Å². The third-order valence-corrected chi connectivity index (χ3v) is 8.28. The third-order valence-electron chi connectivity index (χ3n) is 3.66. The smallest absolute Gasteiger partial charge is 0.274 e. The number of hydrogen-bond donors (Lipinski definition) is 0. The van der Waals surface area contributed by atoms with Gasteiger partial charge < -0.3 is 4.43 Å². The van der Waals surface area contributed by atoms with Crippen LogP contribution in [-0.2, 0) is 11.0 Å². The van der Waals surface area contributed by atoms with E-state index in [2.05, 4.69) is 20.8 Å². The first-order valence-corrected chi connectivity index (χ1v) is 8.97. The van der Waals surface area contributed by atoms with Crippen molar-refractivity contribution >= 4 is 14.0 Å². The van der Waals surface area contributed by atoms with Crippen LogP contribution in [0.2, 0.25) is 18.1 Å².